The molecule has 1 atom stereocenters. The highest BCUT2D eigenvalue weighted by molar-refractivity contribution is 7.91. The van der Waals surface area contributed by atoms with Crippen molar-refractivity contribution in [1.82, 2.24) is 9.88 Å². The van der Waals surface area contributed by atoms with Crippen LogP contribution in [0.2, 0.25) is 0 Å². The molecule has 2 heterocycles. The van der Waals surface area contributed by atoms with Gasteiger partial charge in [-0.25, -0.2) is 13.4 Å². The van der Waals surface area contributed by atoms with Gasteiger partial charge in [0.15, 0.2) is 9.84 Å². The van der Waals surface area contributed by atoms with Crippen LogP contribution >= 0.6 is 0 Å². The van der Waals surface area contributed by atoms with E-state index in [4.69, 9.17) is 5.73 Å². The summed E-state index contributed by atoms with van der Waals surface area (Å²) in [6.07, 6.45) is 1.95. The fraction of sp³-hybridized carbons (Fsp3) is 0.455. The normalized spacial score (nSPS) is 21.7. The molecule has 0 aromatic carbocycles. The topological polar surface area (TPSA) is 93.4 Å². The Morgan fingerprint density at radius 1 is 1.56 bits per heavy atom. The molecule has 1 aromatic heterocycles. The van der Waals surface area contributed by atoms with Gasteiger partial charge in [0.2, 0.25) is 0 Å². The average Bonchev–Trinajstić information content (AvgIpc) is 2.68. The predicted octanol–water partition coefficient (Wildman–Crippen LogP) is -0.0771. The van der Waals surface area contributed by atoms with Crippen molar-refractivity contribution in [3.05, 3.63) is 23.9 Å². The van der Waals surface area contributed by atoms with Gasteiger partial charge < -0.3 is 10.6 Å². The Bertz CT molecular complexity index is 571. The number of hydrogen-bond donors (Lipinski definition) is 1. The van der Waals surface area contributed by atoms with Crippen LogP contribution in [-0.4, -0.2) is 48.8 Å². The van der Waals surface area contributed by atoms with E-state index in [1.54, 1.807) is 13.1 Å². The molecule has 2 rings (SSSR count). The molecule has 6 nitrogen and oxygen atoms in total. The molecule has 0 saturated carbocycles. The lowest BCUT2D eigenvalue weighted by Crippen LogP contribution is -2.37. The van der Waals surface area contributed by atoms with Gasteiger partial charge in [-0.15, -0.1) is 0 Å². The zero-order chi connectivity index (χ0) is 13.3. The van der Waals surface area contributed by atoms with Gasteiger partial charge in [0.05, 0.1) is 11.5 Å². The third kappa shape index (κ3) is 2.61. The van der Waals surface area contributed by atoms with Crippen LogP contribution < -0.4 is 5.73 Å². The monoisotopic (exact) mass is 269 g/mol. The molecule has 0 bridgehead atoms. The molecule has 1 fully saturated rings. The highest BCUT2D eigenvalue weighted by atomic mass is 32.2. The Morgan fingerprint density at radius 3 is 2.83 bits per heavy atom. The summed E-state index contributed by atoms with van der Waals surface area (Å²) in [5, 5.41) is 0. The smallest absolute Gasteiger partial charge is 0.254 e. The maximum absolute atomic E-state index is 12.1. The SMILES string of the molecule is CN(C(=O)c1ccnc(N)c1)C1CCS(=O)(=O)C1. The molecule has 18 heavy (non-hydrogen) atoms. The largest absolute Gasteiger partial charge is 0.384 e. The van der Waals surface area contributed by atoms with Crippen LogP contribution in [0.4, 0.5) is 5.82 Å². The fourth-order valence-corrected chi connectivity index (χ4v) is 3.81. The van der Waals surface area contributed by atoms with Gasteiger partial charge in [0.1, 0.15) is 5.82 Å². The number of carbonyl (C=O) groups is 1. The van der Waals surface area contributed by atoms with Crippen molar-refractivity contribution < 1.29 is 13.2 Å². The molecule has 1 aliphatic rings. The van der Waals surface area contributed by atoms with Crippen LogP contribution in [0.5, 0.6) is 0 Å². The number of nitrogens with zero attached hydrogens (tertiary/aromatic N) is 2. The summed E-state index contributed by atoms with van der Waals surface area (Å²) >= 11 is 0. The summed E-state index contributed by atoms with van der Waals surface area (Å²) in [6.45, 7) is 0. The second kappa shape index (κ2) is 4.56. The van der Waals surface area contributed by atoms with Crippen LogP contribution in [-0.2, 0) is 9.84 Å². The zero-order valence-electron chi connectivity index (χ0n) is 10.0. The number of anilines is 1. The lowest BCUT2D eigenvalue weighted by molar-refractivity contribution is 0.0747. The van der Waals surface area contributed by atoms with Crippen molar-refractivity contribution in [3.8, 4) is 0 Å². The molecule has 1 aromatic rings. The first-order valence-electron chi connectivity index (χ1n) is 5.58. The van der Waals surface area contributed by atoms with E-state index < -0.39 is 9.84 Å². The van der Waals surface area contributed by atoms with E-state index in [2.05, 4.69) is 4.98 Å². The van der Waals surface area contributed by atoms with E-state index >= 15 is 0 Å². The van der Waals surface area contributed by atoms with Crippen LogP contribution in [0.25, 0.3) is 0 Å². The number of nitrogens with two attached hydrogens (primary N) is 1. The quantitative estimate of drug-likeness (QED) is 0.810. The van der Waals surface area contributed by atoms with E-state index in [-0.39, 0.29) is 29.3 Å². The molecule has 0 radical (unpaired) electrons. The maximum atomic E-state index is 12.1. The average molecular weight is 269 g/mol. The standard InChI is InChI=1S/C11H15N3O3S/c1-14(9-3-5-18(16,17)7-9)11(15)8-2-4-13-10(12)6-8/h2,4,6,9H,3,5,7H2,1H3,(H2,12,13). The molecule has 1 amide bonds. The van der Waals surface area contributed by atoms with Crippen LogP contribution in [0.3, 0.4) is 0 Å². The molecule has 1 saturated heterocycles. The first-order valence-corrected chi connectivity index (χ1v) is 7.40. The van der Waals surface area contributed by atoms with Gasteiger partial charge in [-0.05, 0) is 18.6 Å². The van der Waals surface area contributed by atoms with Crippen molar-refractivity contribution in [1.29, 1.82) is 0 Å². The van der Waals surface area contributed by atoms with Crippen molar-refractivity contribution in [2.75, 3.05) is 24.3 Å². The molecule has 0 spiro atoms. The lowest BCUT2D eigenvalue weighted by Gasteiger charge is -2.23. The summed E-state index contributed by atoms with van der Waals surface area (Å²) in [5.41, 5.74) is 5.94. The second-order valence-electron chi connectivity index (χ2n) is 4.44. The molecular weight excluding hydrogens is 254 g/mol. The van der Waals surface area contributed by atoms with E-state index in [0.29, 0.717) is 12.0 Å². The third-order valence-corrected chi connectivity index (χ3v) is 4.85. The van der Waals surface area contributed by atoms with E-state index in [1.165, 1.54) is 17.2 Å². The minimum Gasteiger partial charge on any atom is -0.384 e. The van der Waals surface area contributed by atoms with Crippen molar-refractivity contribution in [2.24, 2.45) is 0 Å². The Morgan fingerprint density at radius 2 is 2.28 bits per heavy atom. The minimum absolute atomic E-state index is 0.0375. The van der Waals surface area contributed by atoms with Gasteiger partial charge >= 0.3 is 0 Å². The Kier molecular flexibility index (Phi) is 3.25. The summed E-state index contributed by atoms with van der Waals surface area (Å²) in [4.78, 5) is 17.4. The van der Waals surface area contributed by atoms with Gasteiger partial charge in [0, 0.05) is 24.8 Å². The Labute approximate surface area is 106 Å². The highest BCUT2D eigenvalue weighted by Crippen LogP contribution is 2.18. The molecule has 0 aliphatic carbocycles. The Hall–Kier alpha value is -1.63. The lowest BCUT2D eigenvalue weighted by atomic mass is 10.2. The number of hydrogen-bond acceptors (Lipinski definition) is 5. The summed E-state index contributed by atoms with van der Waals surface area (Å²) in [6, 6.07) is 2.80. The second-order valence-corrected chi connectivity index (χ2v) is 6.67. The molecule has 7 heteroatoms. The molecule has 1 aliphatic heterocycles. The summed E-state index contributed by atoms with van der Waals surface area (Å²) in [5.74, 6) is 0.225. The van der Waals surface area contributed by atoms with E-state index in [1.807, 2.05) is 0 Å². The van der Waals surface area contributed by atoms with Gasteiger partial charge in [-0.2, -0.15) is 0 Å². The van der Waals surface area contributed by atoms with Crippen molar-refractivity contribution in [2.45, 2.75) is 12.5 Å². The van der Waals surface area contributed by atoms with Crippen LogP contribution in [0.15, 0.2) is 18.3 Å². The highest BCUT2D eigenvalue weighted by Gasteiger charge is 2.33. The first kappa shape index (κ1) is 12.8. The maximum Gasteiger partial charge on any atom is 0.254 e. The number of nitrogen functional groups attached to an aromatic ring is 1. The molecule has 1 unspecified atom stereocenters. The number of carbonyl (C=O) groups excluding carboxylic acids is 1. The fourth-order valence-electron chi connectivity index (χ4n) is 2.03. The first-order chi connectivity index (χ1) is 8.39. The summed E-state index contributed by atoms with van der Waals surface area (Å²) < 4.78 is 22.8. The molecule has 2 N–H and O–H groups in total. The van der Waals surface area contributed by atoms with Gasteiger partial charge in [0.25, 0.3) is 5.91 Å². The van der Waals surface area contributed by atoms with Crippen molar-refractivity contribution >= 4 is 21.6 Å². The van der Waals surface area contributed by atoms with Gasteiger partial charge in [-0.1, -0.05) is 0 Å². The summed E-state index contributed by atoms with van der Waals surface area (Å²) in [7, 11) is -1.38. The number of amides is 1. The van der Waals surface area contributed by atoms with E-state index in [9.17, 15) is 13.2 Å². The predicted molar refractivity (Wildman–Crippen MR) is 67.8 cm³/mol. The molecule has 98 valence electrons. The number of aromatic nitrogens is 1. The minimum atomic E-state index is -3.00. The molecular formula is C11H15N3O3S. The Balaban J connectivity index is 2.15. The third-order valence-electron chi connectivity index (χ3n) is 3.10. The van der Waals surface area contributed by atoms with Crippen molar-refractivity contribution in [3.63, 3.8) is 0 Å². The van der Waals surface area contributed by atoms with Crippen LogP contribution in [0.1, 0.15) is 16.8 Å². The van der Waals surface area contributed by atoms with Crippen LogP contribution in [0, 0.1) is 0 Å². The number of rotatable bonds is 2. The van der Waals surface area contributed by atoms with Gasteiger partial charge in [-0.3, -0.25) is 4.79 Å². The zero-order valence-corrected chi connectivity index (χ0v) is 10.9. The number of sulfone groups is 1. The van der Waals surface area contributed by atoms with E-state index in [0.717, 1.165) is 0 Å². The number of pyridine rings is 1.